The Morgan fingerprint density at radius 2 is 1.88 bits per heavy atom. The lowest BCUT2D eigenvalue weighted by atomic mass is 10.1. The summed E-state index contributed by atoms with van der Waals surface area (Å²) in [6.07, 6.45) is 0. The molecule has 0 aliphatic carbocycles. The molecular weight excluding hydrogens is 336 g/mol. The number of rotatable bonds is 2. The first-order valence-electron chi connectivity index (χ1n) is 8.30. The molecule has 2 aliphatic rings. The van der Waals surface area contributed by atoms with E-state index in [0.717, 1.165) is 17.5 Å². The van der Waals surface area contributed by atoms with Gasteiger partial charge in [0.05, 0.1) is 6.04 Å². The van der Waals surface area contributed by atoms with Gasteiger partial charge in [-0.1, -0.05) is 18.2 Å². The second kappa shape index (κ2) is 6.18. The number of fused-ring (bicyclic) bond motifs is 1. The van der Waals surface area contributed by atoms with E-state index in [1.54, 1.807) is 0 Å². The number of carbonyl (C=O) groups is 1. The van der Waals surface area contributed by atoms with Gasteiger partial charge in [0.15, 0.2) is 17.0 Å². The maximum Gasteiger partial charge on any atom is 0.254 e. The van der Waals surface area contributed by atoms with Gasteiger partial charge < -0.3 is 14.4 Å². The van der Waals surface area contributed by atoms with E-state index in [9.17, 15) is 4.79 Å². The number of amidine groups is 1. The average molecular weight is 356 g/mol. The molecule has 2 aromatic rings. The largest absolute Gasteiger partial charge is 0.342 e. The molecule has 1 unspecified atom stereocenters. The van der Waals surface area contributed by atoms with Crippen molar-refractivity contribution >= 4 is 23.7 Å². The Hall–Kier alpha value is -2.35. The van der Waals surface area contributed by atoms with E-state index in [-0.39, 0.29) is 17.3 Å². The fourth-order valence-electron chi connectivity index (χ4n) is 3.26. The van der Waals surface area contributed by atoms with Gasteiger partial charge in [-0.25, -0.2) is 4.40 Å². The lowest BCUT2D eigenvalue weighted by Gasteiger charge is -2.34. The maximum atomic E-state index is 12.8. The highest BCUT2D eigenvalue weighted by Crippen LogP contribution is 2.38. The Labute approximate surface area is 150 Å². The highest BCUT2D eigenvalue weighted by molar-refractivity contribution is 7.98. The molecule has 130 valence electrons. The van der Waals surface area contributed by atoms with Crippen molar-refractivity contribution in [2.75, 3.05) is 13.6 Å². The van der Waals surface area contributed by atoms with Crippen LogP contribution in [0, 0.1) is 0 Å². The third-order valence-electron chi connectivity index (χ3n) is 4.86. The van der Waals surface area contributed by atoms with Crippen molar-refractivity contribution in [3.05, 3.63) is 47.5 Å². The molecule has 25 heavy (non-hydrogen) atoms. The van der Waals surface area contributed by atoms with Gasteiger partial charge in [0, 0.05) is 37.6 Å². The van der Waals surface area contributed by atoms with Gasteiger partial charge in [0.25, 0.3) is 5.91 Å². The number of hydrogen-bond acceptors (Lipinski definition) is 6. The second-order valence-corrected chi connectivity index (χ2v) is 7.16. The van der Waals surface area contributed by atoms with Crippen LogP contribution in [0.25, 0.3) is 0 Å². The van der Waals surface area contributed by atoms with Gasteiger partial charge in [-0.15, -0.1) is 10.2 Å². The van der Waals surface area contributed by atoms with E-state index < -0.39 is 0 Å². The first kappa shape index (κ1) is 16.1. The number of nitrogens with zero attached hydrogens (tertiary/aromatic N) is 6. The molecule has 1 aromatic heterocycles. The Morgan fingerprint density at radius 1 is 1.16 bits per heavy atom. The summed E-state index contributed by atoms with van der Waals surface area (Å²) in [5.41, 5.74) is 0.706. The molecular formula is C17H20N6OS. The van der Waals surface area contributed by atoms with Crippen molar-refractivity contribution in [3.63, 3.8) is 0 Å². The number of benzene rings is 1. The van der Waals surface area contributed by atoms with Crippen molar-refractivity contribution in [3.8, 4) is 0 Å². The molecule has 0 spiro atoms. The van der Waals surface area contributed by atoms with Crippen molar-refractivity contribution < 1.29 is 4.79 Å². The molecule has 0 N–H and O–H groups in total. The van der Waals surface area contributed by atoms with Gasteiger partial charge in [0.2, 0.25) is 0 Å². The van der Waals surface area contributed by atoms with E-state index in [0.29, 0.717) is 18.7 Å². The quantitative estimate of drug-likeness (QED) is 0.774. The van der Waals surface area contributed by atoms with Gasteiger partial charge in [0.1, 0.15) is 5.84 Å². The van der Waals surface area contributed by atoms with Gasteiger partial charge in [-0.2, -0.15) is 0 Å². The van der Waals surface area contributed by atoms with Crippen LogP contribution >= 0.6 is 11.9 Å². The zero-order valence-corrected chi connectivity index (χ0v) is 15.3. The molecule has 0 saturated carbocycles. The van der Waals surface area contributed by atoms with Crippen molar-refractivity contribution in [2.45, 2.75) is 31.8 Å². The van der Waals surface area contributed by atoms with Crippen LogP contribution in [0.3, 0.4) is 0 Å². The molecule has 4 rings (SSSR count). The maximum absolute atomic E-state index is 12.8. The van der Waals surface area contributed by atoms with Crippen LogP contribution in [0.1, 0.15) is 47.3 Å². The number of aromatic nitrogens is 3. The molecule has 2 atom stereocenters. The number of hydrogen-bond donors (Lipinski definition) is 0. The first-order valence-corrected chi connectivity index (χ1v) is 9.14. The summed E-state index contributed by atoms with van der Waals surface area (Å²) in [4.78, 5) is 16.8. The monoisotopic (exact) mass is 356 g/mol. The van der Waals surface area contributed by atoms with Crippen LogP contribution < -0.4 is 0 Å². The predicted octanol–water partition coefficient (Wildman–Crippen LogP) is 2.51. The normalized spacial score (nSPS) is 22.8. The summed E-state index contributed by atoms with van der Waals surface area (Å²) in [7, 11) is 2.02. The van der Waals surface area contributed by atoms with E-state index in [1.165, 1.54) is 11.9 Å². The summed E-state index contributed by atoms with van der Waals surface area (Å²) in [6, 6.07) is 9.28. The van der Waals surface area contributed by atoms with Crippen LogP contribution in [0.4, 0.5) is 0 Å². The molecule has 0 radical (unpaired) electrons. The third kappa shape index (κ3) is 2.60. The highest BCUT2D eigenvalue weighted by atomic mass is 32.2. The van der Waals surface area contributed by atoms with E-state index >= 15 is 0 Å². The van der Waals surface area contributed by atoms with Crippen LogP contribution in [0.15, 0.2) is 34.7 Å². The minimum Gasteiger partial charge on any atom is -0.342 e. The molecule has 0 saturated heterocycles. The van der Waals surface area contributed by atoms with Gasteiger partial charge >= 0.3 is 0 Å². The lowest BCUT2D eigenvalue weighted by Crippen LogP contribution is -2.42. The smallest absolute Gasteiger partial charge is 0.254 e. The highest BCUT2D eigenvalue weighted by Gasteiger charge is 2.36. The molecule has 0 bridgehead atoms. The first-order chi connectivity index (χ1) is 12.1. The van der Waals surface area contributed by atoms with Crippen molar-refractivity contribution in [1.29, 1.82) is 0 Å². The van der Waals surface area contributed by atoms with E-state index in [4.69, 9.17) is 0 Å². The molecule has 1 amide bonds. The third-order valence-corrected chi connectivity index (χ3v) is 5.96. The summed E-state index contributed by atoms with van der Waals surface area (Å²) >= 11 is 1.50. The number of carbonyl (C=O) groups excluding carboxylic acids is 1. The Kier molecular flexibility index (Phi) is 3.99. The SMILES string of the molecule is CC1=NSC(c2nnc3n2CCN(C(=O)c2ccccc2)[C@@H]3C)N1C. The predicted molar refractivity (Wildman–Crippen MR) is 97.1 cm³/mol. The molecule has 3 heterocycles. The molecule has 0 fully saturated rings. The standard InChI is InChI=1S/C17H20N6OS/c1-11-14-18-19-15(17-21(3)12(2)20-25-17)23(14)10-9-22(11)16(24)13-7-5-4-6-8-13/h4-8,11,17H,9-10H2,1-3H3/t11-,17?/m1/s1. The zero-order chi connectivity index (χ0) is 17.6. The van der Waals surface area contributed by atoms with Crippen LogP contribution in [0.2, 0.25) is 0 Å². The minimum absolute atomic E-state index is 0.0374. The van der Waals surface area contributed by atoms with E-state index in [2.05, 4.69) is 24.1 Å². The Morgan fingerprint density at radius 3 is 2.56 bits per heavy atom. The van der Waals surface area contributed by atoms with Gasteiger partial charge in [-0.3, -0.25) is 4.79 Å². The summed E-state index contributed by atoms with van der Waals surface area (Å²) in [5, 5.41) is 8.86. The Balaban J connectivity index is 1.60. The zero-order valence-electron chi connectivity index (χ0n) is 14.5. The fraction of sp³-hybridized carbons (Fsp3) is 0.412. The summed E-state index contributed by atoms with van der Waals surface area (Å²) < 4.78 is 6.56. The van der Waals surface area contributed by atoms with Crippen LogP contribution in [0.5, 0.6) is 0 Å². The molecule has 8 heteroatoms. The summed E-state index contributed by atoms with van der Waals surface area (Å²) in [6.45, 7) is 5.35. The van der Waals surface area contributed by atoms with Gasteiger partial charge in [-0.05, 0) is 26.0 Å². The molecule has 2 aliphatic heterocycles. The Bertz CT molecular complexity index is 833. The second-order valence-electron chi connectivity index (χ2n) is 6.32. The lowest BCUT2D eigenvalue weighted by molar-refractivity contribution is 0.0635. The number of amides is 1. The fourth-order valence-corrected chi connectivity index (χ4v) is 4.21. The topological polar surface area (TPSA) is 66.6 Å². The van der Waals surface area contributed by atoms with E-state index in [1.807, 2.05) is 56.1 Å². The molecule has 1 aromatic carbocycles. The van der Waals surface area contributed by atoms with Crippen molar-refractivity contribution in [2.24, 2.45) is 4.40 Å². The van der Waals surface area contributed by atoms with Crippen LogP contribution in [-0.2, 0) is 6.54 Å². The van der Waals surface area contributed by atoms with Crippen molar-refractivity contribution in [1.82, 2.24) is 24.6 Å². The summed E-state index contributed by atoms with van der Waals surface area (Å²) in [5.74, 6) is 2.76. The average Bonchev–Trinajstić information content (AvgIpc) is 3.20. The van der Waals surface area contributed by atoms with Crippen LogP contribution in [-0.4, -0.2) is 49.9 Å². The minimum atomic E-state index is -0.110. The molecule has 7 nitrogen and oxygen atoms in total.